The zero-order chi connectivity index (χ0) is 14.8. The molecule has 1 nitrogen and oxygen atoms in total. The van der Waals surface area contributed by atoms with E-state index in [4.69, 9.17) is 0 Å². The largest absolute Gasteiger partial charge is 0.234 e. The van der Waals surface area contributed by atoms with E-state index in [2.05, 4.69) is 76.3 Å². The van der Waals surface area contributed by atoms with Crippen molar-refractivity contribution in [3.63, 3.8) is 0 Å². The van der Waals surface area contributed by atoms with Crippen molar-refractivity contribution < 1.29 is 4.79 Å². The molecular weight excluding hydrogens is 268 g/mol. The van der Waals surface area contributed by atoms with Gasteiger partial charge in [-0.3, -0.25) is 0 Å². The van der Waals surface area contributed by atoms with Gasteiger partial charge in [0, 0.05) is 5.20 Å². The Labute approximate surface area is 116 Å². The van der Waals surface area contributed by atoms with Crippen LogP contribution in [0.1, 0.15) is 0 Å². The lowest BCUT2D eigenvalue weighted by atomic mass is 10.5. The van der Waals surface area contributed by atoms with Gasteiger partial charge in [0.15, 0.2) is 0 Å². The van der Waals surface area contributed by atoms with Gasteiger partial charge in [0.05, 0.1) is 24.2 Å². The average Bonchev–Trinajstić information content (AvgIpc) is 2.05. The minimum atomic E-state index is -1.63. The maximum absolute atomic E-state index is 11.4. The standard InChI is InChI=1S/C14H28OSi3/c1-16(2,3)11-10-13(17(4,5)6)14(12-15)18(7,8)9/h11H,1-9H3. The lowest BCUT2D eigenvalue weighted by molar-refractivity contribution is 0.568. The summed E-state index contributed by atoms with van der Waals surface area (Å²) < 4.78 is 0. The highest BCUT2D eigenvalue weighted by molar-refractivity contribution is 6.93. The van der Waals surface area contributed by atoms with E-state index in [0.717, 1.165) is 5.20 Å². The number of rotatable bonds is 4. The van der Waals surface area contributed by atoms with Crippen LogP contribution in [0, 0.1) is 0 Å². The van der Waals surface area contributed by atoms with Gasteiger partial charge in [0.2, 0.25) is 0 Å². The Morgan fingerprint density at radius 1 is 0.778 bits per heavy atom. The lowest BCUT2D eigenvalue weighted by Gasteiger charge is -2.26. The van der Waals surface area contributed by atoms with Crippen LogP contribution in [-0.2, 0) is 4.79 Å². The summed E-state index contributed by atoms with van der Waals surface area (Å²) in [6.07, 6.45) is 0. The third kappa shape index (κ3) is 5.98. The molecule has 0 radical (unpaired) electrons. The van der Waals surface area contributed by atoms with Crippen molar-refractivity contribution in [2.75, 3.05) is 0 Å². The van der Waals surface area contributed by atoms with Crippen LogP contribution in [0.4, 0.5) is 0 Å². The van der Waals surface area contributed by atoms with E-state index in [1.165, 1.54) is 5.20 Å². The zero-order valence-electron chi connectivity index (χ0n) is 13.5. The molecule has 0 aromatic carbocycles. The fraction of sp³-hybridized carbons (Fsp3) is 0.643. The molecule has 0 bridgehead atoms. The predicted molar refractivity (Wildman–Crippen MR) is 90.8 cm³/mol. The van der Waals surface area contributed by atoms with E-state index < -0.39 is 24.2 Å². The van der Waals surface area contributed by atoms with E-state index in [1.807, 2.05) is 0 Å². The molecule has 0 heterocycles. The molecule has 0 amide bonds. The molecule has 0 rings (SSSR count). The Hall–Kier alpha value is -0.379. The van der Waals surface area contributed by atoms with Gasteiger partial charge in [-0.15, -0.1) is 5.73 Å². The molecule has 0 aliphatic rings. The molecule has 0 aliphatic heterocycles. The SMILES string of the molecule is C[Si](C)(C)C=C=C(C(=C=O)[Si](C)(C)C)[Si](C)(C)C. The van der Waals surface area contributed by atoms with Gasteiger partial charge in [0.25, 0.3) is 0 Å². The van der Waals surface area contributed by atoms with Crippen molar-refractivity contribution in [3.8, 4) is 0 Å². The molecule has 0 saturated carbocycles. The zero-order valence-corrected chi connectivity index (χ0v) is 16.5. The van der Waals surface area contributed by atoms with Gasteiger partial charge in [-0.1, -0.05) is 64.6 Å². The van der Waals surface area contributed by atoms with Crippen LogP contribution in [0.2, 0.25) is 58.9 Å². The quantitative estimate of drug-likeness (QED) is 0.324. The molecule has 0 saturated heterocycles. The summed E-state index contributed by atoms with van der Waals surface area (Å²) in [5, 5.41) is 2.13. The van der Waals surface area contributed by atoms with Crippen molar-refractivity contribution in [3.05, 3.63) is 21.8 Å². The van der Waals surface area contributed by atoms with Gasteiger partial charge in [-0.2, -0.15) is 0 Å². The van der Waals surface area contributed by atoms with Gasteiger partial charge in [-0.25, -0.2) is 4.79 Å². The van der Waals surface area contributed by atoms with Crippen LogP contribution >= 0.6 is 0 Å². The number of allylic oxidation sites excluding steroid dienone is 2. The first-order valence-corrected chi connectivity index (χ1v) is 17.1. The molecule has 0 fully saturated rings. The summed E-state index contributed by atoms with van der Waals surface area (Å²) >= 11 is 0. The highest BCUT2D eigenvalue weighted by Crippen LogP contribution is 2.27. The molecule has 18 heavy (non-hydrogen) atoms. The third-order valence-corrected chi connectivity index (χ3v) is 7.51. The van der Waals surface area contributed by atoms with Gasteiger partial charge >= 0.3 is 0 Å². The third-order valence-electron chi connectivity index (χ3n) is 2.50. The van der Waals surface area contributed by atoms with Crippen LogP contribution in [-0.4, -0.2) is 30.2 Å². The predicted octanol–water partition coefficient (Wildman–Crippen LogP) is 4.46. The molecule has 0 atom stereocenters. The second kappa shape index (κ2) is 5.72. The van der Waals surface area contributed by atoms with E-state index in [1.54, 1.807) is 0 Å². The first kappa shape index (κ1) is 17.6. The molecule has 4 heteroatoms. The summed E-state index contributed by atoms with van der Waals surface area (Å²) in [5.41, 5.74) is 5.74. The van der Waals surface area contributed by atoms with Gasteiger partial charge in [-0.05, 0) is 5.20 Å². The van der Waals surface area contributed by atoms with Crippen molar-refractivity contribution in [2.45, 2.75) is 58.9 Å². The van der Waals surface area contributed by atoms with E-state index >= 15 is 0 Å². The summed E-state index contributed by atoms with van der Waals surface area (Å²) in [6, 6.07) is 0. The first-order chi connectivity index (χ1) is 7.79. The molecular formula is C14H28OSi3. The number of hydrogen-bond acceptors (Lipinski definition) is 1. The van der Waals surface area contributed by atoms with Gasteiger partial charge < -0.3 is 0 Å². The van der Waals surface area contributed by atoms with Crippen molar-refractivity contribution in [1.29, 1.82) is 0 Å². The topological polar surface area (TPSA) is 17.1 Å². The highest BCUT2D eigenvalue weighted by atomic mass is 28.3. The highest BCUT2D eigenvalue weighted by Gasteiger charge is 2.32. The van der Waals surface area contributed by atoms with E-state index in [-0.39, 0.29) is 0 Å². The number of hydrogen-bond donors (Lipinski definition) is 0. The average molecular weight is 297 g/mol. The van der Waals surface area contributed by atoms with Crippen molar-refractivity contribution in [2.24, 2.45) is 0 Å². The number of carbonyl (C=O) groups excluding carboxylic acids is 1. The van der Waals surface area contributed by atoms with Crippen LogP contribution in [0.3, 0.4) is 0 Å². The molecule has 0 N–H and O–H groups in total. The van der Waals surface area contributed by atoms with Crippen molar-refractivity contribution >= 4 is 30.2 Å². The van der Waals surface area contributed by atoms with Crippen LogP contribution in [0.25, 0.3) is 0 Å². The van der Waals surface area contributed by atoms with E-state index in [9.17, 15) is 4.79 Å². The monoisotopic (exact) mass is 296 g/mol. The Morgan fingerprint density at radius 3 is 1.39 bits per heavy atom. The van der Waals surface area contributed by atoms with Crippen LogP contribution < -0.4 is 0 Å². The van der Waals surface area contributed by atoms with Crippen LogP contribution in [0.15, 0.2) is 21.8 Å². The molecule has 0 unspecified atom stereocenters. The summed E-state index contributed by atoms with van der Waals surface area (Å²) in [5.74, 6) is 2.24. The summed E-state index contributed by atoms with van der Waals surface area (Å²) in [4.78, 5) is 11.4. The minimum absolute atomic E-state index is 0.941. The second-order valence-corrected chi connectivity index (χ2v) is 23.0. The lowest BCUT2D eigenvalue weighted by Crippen LogP contribution is -2.35. The second-order valence-electron chi connectivity index (χ2n) is 8.01. The smallest absolute Gasteiger partial charge is 0.123 e. The summed E-state index contributed by atoms with van der Waals surface area (Å²) in [6.45, 7) is 20.4. The molecule has 0 spiro atoms. The fourth-order valence-corrected chi connectivity index (χ4v) is 6.94. The Balaban J connectivity index is 6.01. The molecule has 0 aromatic heterocycles. The Bertz CT molecular complexity index is 415. The van der Waals surface area contributed by atoms with Crippen LogP contribution in [0.5, 0.6) is 0 Å². The fourth-order valence-electron chi connectivity index (χ4n) is 1.53. The normalized spacial score (nSPS) is 12.5. The Morgan fingerprint density at radius 2 is 1.17 bits per heavy atom. The van der Waals surface area contributed by atoms with E-state index in [0.29, 0.717) is 0 Å². The first-order valence-electron chi connectivity index (χ1n) is 6.53. The van der Waals surface area contributed by atoms with Crippen molar-refractivity contribution in [1.82, 2.24) is 0 Å². The molecule has 0 aliphatic carbocycles. The molecule has 102 valence electrons. The minimum Gasteiger partial charge on any atom is -0.234 e. The maximum atomic E-state index is 11.4. The molecule has 0 aromatic rings. The summed E-state index contributed by atoms with van der Waals surface area (Å²) in [7, 11) is -4.46. The maximum Gasteiger partial charge on any atom is 0.123 e. The Kier molecular flexibility index (Phi) is 5.60. The van der Waals surface area contributed by atoms with Gasteiger partial charge in [0.1, 0.15) is 5.94 Å².